The summed E-state index contributed by atoms with van der Waals surface area (Å²) in [6.45, 7) is 1.60. The molecule has 1 fully saturated rings. The van der Waals surface area contributed by atoms with Crippen molar-refractivity contribution in [2.75, 3.05) is 11.5 Å². The molecule has 0 unspecified atom stereocenters. The maximum absolute atomic E-state index is 12.5. The van der Waals surface area contributed by atoms with Gasteiger partial charge in [0.1, 0.15) is 0 Å². The van der Waals surface area contributed by atoms with E-state index in [9.17, 15) is 26.4 Å². The Bertz CT molecular complexity index is 721. The van der Waals surface area contributed by atoms with E-state index < -0.39 is 33.5 Å². The summed E-state index contributed by atoms with van der Waals surface area (Å²) in [6, 6.07) is 4.08. The highest BCUT2D eigenvalue weighted by atomic mass is 32.2. The van der Waals surface area contributed by atoms with Gasteiger partial charge in [-0.1, -0.05) is 12.1 Å². The van der Waals surface area contributed by atoms with Crippen molar-refractivity contribution in [3.05, 3.63) is 41.5 Å². The fraction of sp³-hybridized carbons (Fsp3) is 0.400. The highest BCUT2D eigenvalue weighted by molar-refractivity contribution is 7.91. The first-order valence-corrected chi connectivity index (χ1v) is 8.76. The molecule has 0 spiro atoms. The van der Waals surface area contributed by atoms with E-state index in [1.54, 1.807) is 6.92 Å². The molecule has 0 aromatic heterocycles. The van der Waals surface area contributed by atoms with Crippen molar-refractivity contribution in [2.24, 2.45) is 0 Å². The third-order valence-electron chi connectivity index (χ3n) is 3.59. The van der Waals surface area contributed by atoms with Gasteiger partial charge >= 0.3 is 6.18 Å². The molecule has 1 aromatic rings. The molecule has 126 valence electrons. The minimum Gasteiger partial charge on any atom is -0.349 e. The first-order valence-electron chi connectivity index (χ1n) is 6.94. The summed E-state index contributed by atoms with van der Waals surface area (Å²) >= 11 is 0. The Hall–Kier alpha value is -1.83. The fourth-order valence-electron chi connectivity index (χ4n) is 2.35. The molecule has 1 aliphatic heterocycles. The maximum Gasteiger partial charge on any atom is 0.416 e. The molecule has 4 nitrogen and oxygen atoms in total. The van der Waals surface area contributed by atoms with Crippen LogP contribution >= 0.6 is 0 Å². The van der Waals surface area contributed by atoms with Crippen molar-refractivity contribution >= 4 is 21.3 Å². The van der Waals surface area contributed by atoms with Gasteiger partial charge in [0.25, 0.3) is 0 Å². The third-order valence-corrected chi connectivity index (χ3v) is 5.36. The molecule has 0 bridgehead atoms. The zero-order valence-corrected chi connectivity index (χ0v) is 13.2. The molecule has 0 radical (unpaired) electrons. The molecule has 1 amide bonds. The van der Waals surface area contributed by atoms with Crippen molar-refractivity contribution in [2.45, 2.75) is 25.6 Å². The highest BCUT2D eigenvalue weighted by Crippen LogP contribution is 2.30. The van der Waals surface area contributed by atoms with Crippen LogP contribution in [-0.4, -0.2) is 31.9 Å². The number of benzene rings is 1. The average molecular weight is 347 g/mol. The second kappa shape index (κ2) is 6.35. The smallest absolute Gasteiger partial charge is 0.349 e. The monoisotopic (exact) mass is 347 g/mol. The van der Waals surface area contributed by atoms with Crippen LogP contribution in [0.3, 0.4) is 0 Å². The molecule has 1 aromatic carbocycles. The third kappa shape index (κ3) is 4.82. The number of carbonyl (C=O) groups is 1. The lowest BCUT2D eigenvalue weighted by Gasteiger charge is -2.10. The summed E-state index contributed by atoms with van der Waals surface area (Å²) in [5.41, 5.74) is 0.235. The number of hydrogen-bond acceptors (Lipinski definition) is 3. The number of nitrogens with one attached hydrogen (secondary N) is 1. The van der Waals surface area contributed by atoms with Gasteiger partial charge in [0.2, 0.25) is 5.91 Å². The number of carbonyl (C=O) groups excluding carboxylic acids is 1. The SMILES string of the molecule is C/C(=C\C(=O)N[C@H]1CCS(=O)(=O)C1)c1ccc(C(F)(F)F)cc1. The summed E-state index contributed by atoms with van der Waals surface area (Å²) in [6.07, 6.45) is -2.77. The van der Waals surface area contributed by atoms with Crippen LogP contribution in [0.25, 0.3) is 5.57 Å². The van der Waals surface area contributed by atoms with Crippen LogP contribution in [0.4, 0.5) is 13.2 Å². The van der Waals surface area contributed by atoms with Gasteiger partial charge < -0.3 is 5.32 Å². The number of amides is 1. The second-order valence-electron chi connectivity index (χ2n) is 5.51. The standard InChI is InChI=1S/C15H16F3NO3S/c1-10(11-2-4-12(5-3-11)15(16,17)18)8-14(20)19-13-6-7-23(21,22)9-13/h2-5,8,13H,6-7,9H2,1H3,(H,19,20)/b10-8+/t13-/m0/s1. The van der Waals surface area contributed by atoms with Gasteiger partial charge in [-0.3, -0.25) is 4.79 Å². The molecule has 0 aliphatic carbocycles. The maximum atomic E-state index is 12.5. The van der Waals surface area contributed by atoms with E-state index in [2.05, 4.69) is 5.32 Å². The number of halogens is 3. The molecule has 0 saturated carbocycles. The van der Waals surface area contributed by atoms with Gasteiger partial charge in [-0.2, -0.15) is 13.2 Å². The molecular formula is C15H16F3NO3S. The van der Waals surface area contributed by atoms with Crippen LogP contribution in [-0.2, 0) is 20.8 Å². The van der Waals surface area contributed by atoms with Crippen LogP contribution < -0.4 is 5.32 Å². The Morgan fingerprint density at radius 1 is 1.26 bits per heavy atom. The molecule has 2 rings (SSSR count). The minimum atomic E-state index is -4.40. The van der Waals surface area contributed by atoms with E-state index in [0.717, 1.165) is 12.1 Å². The van der Waals surface area contributed by atoms with Gasteiger partial charge in [-0.05, 0) is 36.6 Å². The number of allylic oxidation sites excluding steroid dienone is 1. The first-order chi connectivity index (χ1) is 10.6. The summed E-state index contributed by atoms with van der Waals surface area (Å²) in [4.78, 5) is 11.9. The molecular weight excluding hydrogens is 331 g/mol. The Labute approximate surface area is 132 Å². The van der Waals surface area contributed by atoms with Crippen LogP contribution in [0, 0.1) is 0 Å². The van der Waals surface area contributed by atoms with Crippen LogP contribution in [0.1, 0.15) is 24.5 Å². The predicted octanol–water partition coefficient (Wildman–Crippen LogP) is 2.41. The minimum absolute atomic E-state index is 0.0551. The Kier molecular flexibility index (Phi) is 4.84. The fourth-order valence-corrected chi connectivity index (χ4v) is 4.03. The normalized spacial score (nSPS) is 21.2. The zero-order chi connectivity index (χ0) is 17.3. The number of hydrogen-bond donors (Lipinski definition) is 1. The molecule has 1 heterocycles. The van der Waals surface area contributed by atoms with Gasteiger partial charge in [-0.25, -0.2) is 8.42 Å². The predicted molar refractivity (Wildman–Crippen MR) is 80.3 cm³/mol. The van der Waals surface area contributed by atoms with E-state index in [1.807, 2.05) is 0 Å². The zero-order valence-electron chi connectivity index (χ0n) is 12.4. The topological polar surface area (TPSA) is 63.2 Å². The van der Waals surface area contributed by atoms with Crippen molar-refractivity contribution in [3.63, 3.8) is 0 Å². The first kappa shape index (κ1) is 17.5. The lowest BCUT2D eigenvalue weighted by Crippen LogP contribution is -2.34. The molecule has 1 N–H and O–H groups in total. The van der Waals surface area contributed by atoms with Gasteiger partial charge in [0.05, 0.1) is 17.1 Å². The molecule has 1 atom stereocenters. The summed E-state index contributed by atoms with van der Waals surface area (Å²) in [7, 11) is -3.08. The van der Waals surface area contributed by atoms with Gasteiger partial charge in [0.15, 0.2) is 9.84 Å². The molecule has 1 aliphatic rings. The van der Waals surface area contributed by atoms with Crippen LogP contribution in [0.2, 0.25) is 0 Å². The Morgan fingerprint density at radius 3 is 2.35 bits per heavy atom. The van der Waals surface area contributed by atoms with E-state index in [-0.39, 0.29) is 11.5 Å². The van der Waals surface area contributed by atoms with Crippen molar-refractivity contribution in [1.29, 1.82) is 0 Å². The molecule has 23 heavy (non-hydrogen) atoms. The summed E-state index contributed by atoms with van der Waals surface area (Å²) < 4.78 is 60.1. The van der Waals surface area contributed by atoms with Crippen LogP contribution in [0.15, 0.2) is 30.3 Å². The van der Waals surface area contributed by atoms with E-state index >= 15 is 0 Å². The van der Waals surface area contributed by atoms with Crippen molar-refractivity contribution in [3.8, 4) is 0 Å². The van der Waals surface area contributed by atoms with Crippen LogP contribution in [0.5, 0.6) is 0 Å². The average Bonchev–Trinajstić information content (AvgIpc) is 2.76. The summed E-state index contributed by atoms with van der Waals surface area (Å²) in [5.74, 6) is -0.477. The van der Waals surface area contributed by atoms with Gasteiger partial charge in [0, 0.05) is 12.1 Å². The van der Waals surface area contributed by atoms with Gasteiger partial charge in [-0.15, -0.1) is 0 Å². The second-order valence-corrected chi connectivity index (χ2v) is 7.74. The van der Waals surface area contributed by atoms with E-state index in [0.29, 0.717) is 17.6 Å². The van der Waals surface area contributed by atoms with Crippen molar-refractivity contribution in [1.82, 2.24) is 5.32 Å². The largest absolute Gasteiger partial charge is 0.416 e. The van der Waals surface area contributed by atoms with E-state index in [4.69, 9.17) is 0 Å². The van der Waals surface area contributed by atoms with Crippen molar-refractivity contribution < 1.29 is 26.4 Å². The number of sulfone groups is 1. The molecule has 1 saturated heterocycles. The number of alkyl halides is 3. The summed E-state index contributed by atoms with van der Waals surface area (Å²) in [5, 5.41) is 2.60. The van der Waals surface area contributed by atoms with E-state index in [1.165, 1.54) is 18.2 Å². The molecule has 8 heteroatoms. The lowest BCUT2D eigenvalue weighted by atomic mass is 10.0. The Morgan fingerprint density at radius 2 is 1.87 bits per heavy atom. The number of rotatable bonds is 3. The highest BCUT2D eigenvalue weighted by Gasteiger charge is 2.30. The quantitative estimate of drug-likeness (QED) is 0.854. The lowest BCUT2D eigenvalue weighted by molar-refractivity contribution is -0.137. The Balaban J connectivity index is 2.03.